The molecule has 0 atom stereocenters. The van der Waals surface area contributed by atoms with Crippen molar-refractivity contribution in [2.75, 3.05) is 5.73 Å². The number of nitrogens with two attached hydrogens (primary N) is 1. The summed E-state index contributed by atoms with van der Waals surface area (Å²) in [5.41, 5.74) is 10.0. The van der Waals surface area contributed by atoms with Crippen LogP contribution >= 0.6 is 0 Å². The van der Waals surface area contributed by atoms with Gasteiger partial charge in [0.2, 0.25) is 5.95 Å². The Labute approximate surface area is 123 Å². The molecule has 0 bridgehead atoms. The molecule has 0 fully saturated rings. The zero-order valence-electron chi connectivity index (χ0n) is 11.7. The number of hydrogen-bond acceptors (Lipinski definition) is 4. The Hall–Kier alpha value is -2.63. The highest BCUT2D eigenvalue weighted by Crippen LogP contribution is 2.19. The lowest BCUT2D eigenvalue weighted by molar-refractivity contribution is 0.112. The average molecular weight is 277 g/mol. The van der Waals surface area contributed by atoms with Gasteiger partial charge in [-0.05, 0) is 29.9 Å². The third kappa shape index (κ3) is 2.52. The highest BCUT2D eigenvalue weighted by atomic mass is 16.1. The lowest BCUT2D eigenvalue weighted by atomic mass is 9.77. The molecule has 0 amide bonds. The zero-order chi connectivity index (χ0) is 14.8. The van der Waals surface area contributed by atoms with Crippen LogP contribution in [0.4, 0.5) is 5.95 Å². The van der Waals surface area contributed by atoms with Gasteiger partial charge in [-0.3, -0.25) is 9.78 Å². The Balaban J connectivity index is 2.03. The molecule has 103 valence electrons. The summed E-state index contributed by atoms with van der Waals surface area (Å²) in [6.45, 7) is 2.50. The summed E-state index contributed by atoms with van der Waals surface area (Å²) in [6, 6.07) is 11.2. The van der Waals surface area contributed by atoms with Crippen molar-refractivity contribution in [1.82, 2.24) is 14.5 Å². The first-order valence-electron chi connectivity index (χ1n) is 6.67. The summed E-state index contributed by atoms with van der Waals surface area (Å²) in [5, 5.41) is 0. The van der Waals surface area contributed by atoms with Crippen LogP contribution in [0.25, 0.3) is 11.0 Å². The van der Waals surface area contributed by atoms with Crippen molar-refractivity contribution in [3.63, 3.8) is 0 Å². The lowest BCUT2D eigenvalue weighted by Crippen LogP contribution is -2.18. The van der Waals surface area contributed by atoms with Gasteiger partial charge < -0.3 is 10.3 Å². The first-order valence-corrected chi connectivity index (χ1v) is 6.67. The van der Waals surface area contributed by atoms with E-state index in [1.54, 1.807) is 12.1 Å². The summed E-state index contributed by atoms with van der Waals surface area (Å²) in [4.78, 5) is 19.7. The monoisotopic (exact) mass is 277 g/mol. The van der Waals surface area contributed by atoms with Crippen LogP contribution in [0, 0.1) is 0 Å². The van der Waals surface area contributed by atoms with Gasteiger partial charge >= 0.3 is 0 Å². The van der Waals surface area contributed by atoms with E-state index in [1.165, 1.54) is 0 Å². The number of pyridine rings is 1. The largest absolute Gasteiger partial charge is 0.369 e. The summed E-state index contributed by atoms with van der Waals surface area (Å²) in [6.07, 6.45) is 0.802. The number of hydrogen-bond donors (Lipinski definition) is 1. The Morgan fingerprint density at radius 1 is 1.29 bits per heavy atom. The minimum Gasteiger partial charge on any atom is -0.369 e. The molecule has 6 heteroatoms. The van der Waals surface area contributed by atoms with E-state index in [1.807, 2.05) is 42.9 Å². The van der Waals surface area contributed by atoms with Crippen molar-refractivity contribution in [3.8, 4) is 0 Å². The van der Waals surface area contributed by atoms with Crippen LogP contribution in [0.3, 0.4) is 0 Å². The molecule has 1 radical (unpaired) electrons. The van der Waals surface area contributed by atoms with Gasteiger partial charge in [0, 0.05) is 5.56 Å². The third-order valence-electron chi connectivity index (χ3n) is 3.38. The fourth-order valence-electron chi connectivity index (χ4n) is 2.31. The van der Waals surface area contributed by atoms with Crippen molar-refractivity contribution in [2.24, 2.45) is 0 Å². The van der Waals surface area contributed by atoms with Crippen LogP contribution in [0.5, 0.6) is 0 Å². The number of benzene rings is 1. The molecule has 2 N–H and O–H groups in total. The van der Waals surface area contributed by atoms with Crippen LogP contribution < -0.4 is 11.3 Å². The molecule has 0 aliphatic carbocycles. The number of anilines is 1. The van der Waals surface area contributed by atoms with Crippen LogP contribution in [0.1, 0.15) is 16.1 Å². The molecule has 2 aromatic heterocycles. The van der Waals surface area contributed by atoms with Gasteiger partial charge in [0.1, 0.15) is 6.29 Å². The van der Waals surface area contributed by atoms with Gasteiger partial charge in [0.05, 0.1) is 23.3 Å². The quantitative estimate of drug-likeness (QED) is 0.575. The number of rotatable bonds is 4. The minimum absolute atomic E-state index is 0.417. The smallest absolute Gasteiger partial charge is 0.201 e. The number of carbonyl (C=O) groups is 1. The maximum absolute atomic E-state index is 10.8. The Morgan fingerprint density at radius 3 is 2.90 bits per heavy atom. The number of nitrogen functional groups attached to an aromatic ring is 1. The van der Waals surface area contributed by atoms with E-state index in [9.17, 15) is 4.79 Å². The number of aldehydes is 1. The highest BCUT2D eigenvalue weighted by Gasteiger charge is 2.10. The molecular formula is C15H14BN4O. The molecule has 3 rings (SSSR count). The summed E-state index contributed by atoms with van der Waals surface area (Å²) < 4.78 is 1.89. The number of nitrogens with zero attached hydrogens (tertiary/aromatic N) is 3. The predicted molar refractivity (Wildman–Crippen MR) is 84.1 cm³/mol. The molecular weight excluding hydrogens is 263 g/mol. The third-order valence-corrected chi connectivity index (χ3v) is 3.38. The fourth-order valence-corrected chi connectivity index (χ4v) is 2.31. The maximum Gasteiger partial charge on any atom is 0.201 e. The molecule has 0 aliphatic heterocycles. The molecule has 0 aliphatic rings. The van der Waals surface area contributed by atoms with Crippen molar-refractivity contribution in [1.29, 1.82) is 0 Å². The Bertz CT molecular complexity index is 813. The van der Waals surface area contributed by atoms with Crippen molar-refractivity contribution < 1.29 is 4.79 Å². The van der Waals surface area contributed by atoms with Gasteiger partial charge in [-0.2, -0.15) is 0 Å². The van der Waals surface area contributed by atoms with Gasteiger partial charge in [-0.1, -0.05) is 19.0 Å². The second-order valence-electron chi connectivity index (χ2n) is 4.76. The average Bonchev–Trinajstić information content (AvgIpc) is 2.82. The predicted octanol–water partition coefficient (Wildman–Crippen LogP) is 1.25. The van der Waals surface area contributed by atoms with Gasteiger partial charge in [0.15, 0.2) is 7.28 Å². The van der Waals surface area contributed by atoms with E-state index in [-0.39, 0.29) is 0 Å². The summed E-state index contributed by atoms with van der Waals surface area (Å²) in [7, 11) is 1.95. The van der Waals surface area contributed by atoms with Crippen LogP contribution in [0.15, 0.2) is 36.4 Å². The Kier molecular flexibility index (Phi) is 3.44. The molecule has 1 aromatic carbocycles. The summed E-state index contributed by atoms with van der Waals surface area (Å²) >= 11 is 0. The topological polar surface area (TPSA) is 73.8 Å². The van der Waals surface area contributed by atoms with Crippen molar-refractivity contribution in [3.05, 3.63) is 47.7 Å². The molecule has 0 spiro atoms. The van der Waals surface area contributed by atoms with Crippen molar-refractivity contribution in [2.45, 2.75) is 13.4 Å². The molecule has 5 nitrogen and oxygen atoms in total. The van der Waals surface area contributed by atoms with Crippen molar-refractivity contribution >= 4 is 36.1 Å². The maximum atomic E-state index is 10.8. The first-order chi connectivity index (χ1) is 10.2. The van der Waals surface area contributed by atoms with E-state index in [0.29, 0.717) is 18.1 Å². The molecule has 3 aromatic rings. The molecule has 0 unspecified atom stereocenters. The second kappa shape index (κ2) is 5.40. The summed E-state index contributed by atoms with van der Waals surface area (Å²) in [5.74, 6) is 0.417. The number of carbonyl (C=O) groups excluding carboxylic acids is 1. The number of aromatic nitrogens is 3. The number of fused-ring (bicyclic) bond motifs is 1. The first kappa shape index (κ1) is 13.4. The van der Waals surface area contributed by atoms with E-state index in [0.717, 1.165) is 28.6 Å². The van der Waals surface area contributed by atoms with E-state index in [2.05, 4.69) is 9.97 Å². The molecule has 0 saturated heterocycles. The van der Waals surface area contributed by atoms with Crippen LogP contribution in [0.2, 0.25) is 6.82 Å². The van der Waals surface area contributed by atoms with E-state index >= 15 is 0 Å². The van der Waals surface area contributed by atoms with Gasteiger partial charge in [-0.15, -0.1) is 0 Å². The van der Waals surface area contributed by atoms with Gasteiger partial charge in [0.25, 0.3) is 0 Å². The molecule has 21 heavy (non-hydrogen) atoms. The molecule has 0 saturated carbocycles. The van der Waals surface area contributed by atoms with Gasteiger partial charge in [-0.25, -0.2) is 4.98 Å². The molecule has 2 heterocycles. The van der Waals surface area contributed by atoms with E-state index in [4.69, 9.17) is 5.73 Å². The SMILES string of the molecule is C[B]c1cccc(Cn2c(N)nc3cc(C=O)ccc32)n1. The lowest BCUT2D eigenvalue weighted by Gasteiger charge is -2.07. The number of imidazole rings is 1. The second-order valence-corrected chi connectivity index (χ2v) is 4.76. The fraction of sp³-hybridized carbons (Fsp3) is 0.133. The zero-order valence-corrected chi connectivity index (χ0v) is 11.7. The standard InChI is InChI=1S/C15H14BN4O/c1-16-14-4-2-3-11(18-14)8-20-13-6-5-10(9-21)7-12(13)19-15(20)17/h2-7,9H,8H2,1H3,(H2,17,19). The van der Waals surface area contributed by atoms with Crippen LogP contribution in [-0.2, 0) is 6.54 Å². The Morgan fingerprint density at radius 2 is 2.14 bits per heavy atom. The highest BCUT2D eigenvalue weighted by molar-refractivity contribution is 6.50. The minimum atomic E-state index is 0.417. The normalized spacial score (nSPS) is 10.7. The van der Waals surface area contributed by atoms with Crippen LogP contribution in [-0.4, -0.2) is 28.1 Å². The van der Waals surface area contributed by atoms with E-state index < -0.39 is 0 Å².